The molecule has 0 bridgehead atoms. The number of carbonyl (C=O) groups excluding carboxylic acids is 1. The molecule has 0 aliphatic heterocycles. The summed E-state index contributed by atoms with van der Waals surface area (Å²) in [5, 5.41) is 0. The number of ketones is 1. The van der Waals surface area contributed by atoms with Gasteiger partial charge < -0.3 is 9.29 Å². The molecule has 1 unspecified atom stereocenters. The van der Waals surface area contributed by atoms with Crippen molar-refractivity contribution in [3.8, 4) is 11.5 Å². The fourth-order valence-corrected chi connectivity index (χ4v) is 2.59. The maximum atomic E-state index is 12.5. The minimum atomic E-state index is -2.01. The molecule has 24 heavy (non-hydrogen) atoms. The number of rotatable bonds is 5. The predicted molar refractivity (Wildman–Crippen MR) is 91.9 cm³/mol. The van der Waals surface area contributed by atoms with Crippen molar-refractivity contribution < 1.29 is 18.3 Å². The van der Waals surface area contributed by atoms with Crippen molar-refractivity contribution in [3.05, 3.63) is 90.0 Å². The molecule has 0 aromatic heterocycles. The van der Waals surface area contributed by atoms with Gasteiger partial charge in [0.1, 0.15) is 11.5 Å². The molecule has 0 saturated carbocycles. The summed E-state index contributed by atoms with van der Waals surface area (Å²) in [6, 6.07) is 22.2. The third-order valence-corrected chi connectivity index (χ3v) is 4.07. The van der Waals surface area contributed by atoms with E-state index in [1.54, 1.807) is 48.5 Å². The van der Waals surface area contributed by atoms with E-state index in [-0.39, 0.29) is 5.78 Å². The lowest BCUT2D eigenvalue weighted by Gasteiger charge is -2.08. The van der Waals surface area contributed by atoms with Gasteiger partial charge in [-0.2, -0.15) is 0 Å². The minimum absolute atomic E-state index is 0.0768. The van der Waals surface area contributed by atoms with Crippen LogP contribution >= 0.6 is 0 Å². The molecule has 0 heterocycles. The van der Waals surface area contributed by atoms with E-state index in [0.717, 1.165) is 0 Å². The van der Waals surface area contributed by atoms with E-state index in [9.17, 15) is 9.00 Å². The Bertz CT molecular complexity index is 873. The predicted octanol–water partition coefficient (Wildman–Crippen LogP) is 4.29. The monoisotopic (exact) mass is 338 g/mol. The lowest BCUT2D eigenvalue weighted by atomic mass is 10.0. The van der Waals surface area contributed by atoms with Gasteiger partial charge in [0.25, 0.3) is 0 Å². The second-order valence-corrected chi connectivity index (χ2v) is 6.02. The van der Waals surface area contributed by atoms with E-state index in [1.165, 1.54) is 12.1 Å². The van der Waals surface area contributed by atoms with Gasteiger partial charge in [-0.05, 0) is 36.4 Å². The average molecular weight is 338 g/mol. The van der Waals surface area contributed by atoms with Crippen LogP contribution in [0.2, 0.25) is 0 Å². The molecular weight excluding hydrogens is 324 g/mol. The summed E-state index contributed by atoms with van der Waals surface area (Å²) >= 11 is -2.01. The number of hydrogen-bond donors (Lipinski definition) is 1. The highest BCUT2D eigenvalue weighted by molar-refractivity contribution is 7.79. The fourth-order valence-electron chi connectivity index (χ4n) is 2.22. The summed E-state index contributed by atoms with van der Waals surface area (Å²) < 4.78 is 25.7. The number of ether oxygens (including phenoxy) is 1. The van der Waals surface area contributed by atoms with Crippen LogP contribution in [0.5, 0.6) is 11.5 Å². The molecule has 4 nitrogen and oxygen atoms in total. The third-order valence-electron chi connectivity index (χ3n) is 3.39. The van der Waals surface area contributed by atoms with Crippen molar-refractivity contribution in [2.75, 3.05) is 0 Å². The Labute approximate surface area is 142 Å². The van der Waals surface area contributed by atoms with Crippen LogP contribution in [0.15, 0.2) is 83.8 Å². The molecule has 0 aliphatic carbocycles. The first-order valence-electron chi connectivity index (χ1n) is 7.22. The first-order valence-corrected chi connectivity index (χ1v) is 8.33. The van der Waals surface area contributed by atoms with Crippen LogP contribution in [0.3, 0.4) is 0 Å². The Hall–Kier alpha value is -2.76. The molecule has 0 saturated heterocycles. The average Bonchev–Trinajstić information content (AvgIpc) is 2.62. The molecule has 120 valence electrons. The number of benzene rings is 3. The maximum Gasteiger partial charge on any atom is 0.193 e. The summed E-state index contributed by atoms with van der Waals surface area (Å²) in [7, 11) is 0. The topological polar surface area (TPSA) is 63.6 Å². The second-order valence-electron chi connectivity index (χ2n) is 5.05. The van der Waals surface area contributed by atoms with Gasteiger partial charge in [-0.15, -0.1) is 0 Å². The molecule has 5 heteroatoms. The standard InChI is InChI=1S/C19H14O4S/c20-19(14-5-2-1-3-6-14)15-7-4-8-17(13-15)23-16-9-11-18(12-10-16)24(21)22/h1-13H,(H,21,22). The largest absolute Gasteiger partial charge is 0.457 e. The third kappa shape index (κ3) is 3.76. The second kappa shape index (κ2) is 7.21. The van der Waals surface area contributed by atoms with Crippen LogP contribution in [0.4, 0.5) is 0 Å². The fraction of sp³-hybridized carbons (Fsp3) is 0. The van der Waals surface area contributed by atoms with E-state index in [0.29, 0.717) is 27.5 Å². The van der Waals surface area contributed by atoms with Crippen LogP contribution in [-0.2, 0) is 11.1 Å². The minimum Gasteiger partial charge on any atom is -0.457 e. The Balaban J connectivity index is 1.80. The smallest absolute Gasteiger partial charge is 0.193 e. The van der Waals surface area contributed by atoms with Crippen molar-refractivity contribution in [2.45, 2.75) is 4.90 Å². The molecule has 0 radical (unpaired) electrons. The Kier molecular flexibility index (Phi) is 4.84. The first-order chi connectivity index (χ1) is 11.6. The highest BCUT2D eigenvalue weighted by atomic mass is 32.2. The molecule has 3 aromatic carbocycles. The van der Waals surface area contributed by atoms with Crippen LogP contribution in [0.1, 0.15) is 15.9 Å². The van der Waals surface area contributed by atoms with Gasteiger partial charge in [0.15, 0.2) is 16.9 Å². The zero-order chi connectivity index (χ0) is 16.9. The molecule has 3 rings (SSSR count). The SMILES string of the molecule is O=C(c1ccccc1)c1cccc(Oc2ccc(S(=O)O)cc2)c1. The van der Waals surface area contributed by atoms with Crippen molar-refractivity contribution >= 4 is 16.9 Å². The van der Waals surface area contributed by atoms with Crippen molar-refractivity contribution in [2.24, 2.45) is 0 Å². The van der Waals surface area contributed by atoms with E-state index >= 15 is 0 Å². The van der Waals surface area contributed by atoms with Gasteiger partial charge in [0.05, 0.1) is 4.90 Å². The molecule has 1 N–H and O–H groups in total. The summed E-state index contributed by atoms with van der Waals surface area (Å²) in [5.74, 6) is 0.968. The Morgan fingerprint density at radius 2 is 1.46 bits per heavy atom. The summed E-state index contributed by atoms with van der Waals surface area (Å²) in [6.45, 7) is 0. The normalized spacial score (nSPS) is 11.7. The van der Waals surface area contributed by atoms with Gasteiger partial charge in [-0.1, -0.05) is 42.5 Å². The summed E-state index contributed by atoms with van der Waals surface area (Å²) in [5.41, 5.74) is 1.15. The highest BCUT2D eigenvalue weighted by Crippen LogP contribution is 2.24. The molecule has 1 atom stereocenters. The zero-order valence-electron chi connectivity index (χ0n) is 12.6. The molecule has 0 amide bonds. The van der Waals surface area contributed by atoms with Gasteiger partial charge in [-0.3, -0.25) is 4.79 Å². The highest BCUT2D eigenvalue weighted by Gasteiger charge is 2.10. The molecule has 3 aromatic rings. The lowest BCUT2D eigenvalue weighted by Crippen LogP contribution is -2.01. The summed E-state index contributed by atoms with van der Waals surface area (Å²) in [6.07, 6.45) is 0. The van der Waals surface area contributed by atoms with E-state index in [1.807, 2.05) is 18.2 Å². The Morgan fingerprint density at radius 1 is 0.792 bits per heavy atom. The Morgan fingerprint density at radius 3 is 2.12 bits per heavy atom. The lowest BCUT2D eigenvalue weighted by molar-refractivity contribution is 0.103. The maximum absolute atomic E-state index is 12.5. The van der Waals surface area contributed by atoms with Crippen LogP contribution in [0.25, 0.3) is 0 Å². The summed E-state index contributed by atoms with van der Waals surface area (Å²) in [4.78, 5) is 12.8. The molecule has 0 fully saturated rings. The number of carbonyl (C=O) groups is 1. The van der Waals surface area contributed by atoms with Gasteiger partial charge in [0, 0.05) is 11.1 Å². The van der Waals surface area contributed by atoms with Gasteiger partial charge in [0.2, 0.25) is 0 Å². The first kappa shape index (κ1) is 16.1. The molecule has 0 aliphatic rings. The van der Waals surface area contributed by atoms with Crippen molar-refractivity contribution in [1.29, 1.82) is 0 Å². The number of hydrogen-bond acceptors (Lipinski definition) is 3. The van der Waals surface area contributed by atoms with Crippen LogP contribution in [-0.4, -0.2) is 14.5 Å². The molecular formula is C19H14O4S. The zero-order valence-corrected chi connectivity index (χ0v) is 13.4. The van der Waals surface area contributed by atoms with E-state index < -0.39 is 11.1 Å². The van der Waals surface area contributed by atoms with E-state index in [4.69, 9.17) is 9.29 Å². The van der Waals surface area contributed by atoms with Crippen LogP contribution in [0, 0.1) is 0 Å². The van der Waals surface area contributed by atoms with Crippen molar-refractivity contribution in [1.82, 2.24) is 0 Å². The molecule has 0 spiro atoms. The van der Waals surface area contributed by atoms with Crippen LogP contribution < -0.4 is 4.74 Å². The van der Waals surface area contributed by atoms with Gasteiger partial charge >= 0.3 is 0 Å². The van der Waals surface area contributed by atoms with Crippen molar-refractivity contribution in [3.63, 3.8) is 0 Å². The van der Waals surface area contributed by atoms with E-state index in [2.05, 4.69) is 0 Å². The quantitative estimate of drug-likeness (QED) is 0.557. The van der Waals surface area contributed by atoms with Gasteiger partial charge in [-0.25, -0.2) is 4.21 Å².